The van der Waals surface area contributed by atoms with Crippen molar-refractivity contribution >= 4 is 5.91 Å². The maximum atomic E-state index is 12.9. The Hall–Kier alpha value is -2.21. The number of aliphatic hydroxyl groups excluding tert-OH is 1. The molecule has 0 saturated carbocycles. The molecular formula is C14H16FN3O2. The summed E-state index contributed by atoms with van der Waals surface area (Å²) in [6, 6.07) is 5.91. The lowest BCUT2D eigenvalue weighted by atomic mass is 10.2. The summed E-state index contributed by atoms with van der Waals surface area (Å²) in [5.74, 6) is -0.593. The number of halogens is 1. The molecule has 0 radical (unpaired) electrons. The smallest absolute Gasteiger partial charge is 0.254 e. The van der Waals surface area contributed by atoms with Crippen molar-refractivity contribution in [3.05, 3.63) is 47.5 Å². The number of hydrogen-bond acceptors (Lipinski definition) is 3. The first kappa shape index (κ1) is 14.2. The molecule has 1 aromatic carbocycles. The third kappa shape index (κ3) is 2.85. The van der Waals surface area contributed by atoms with Crippen LogP contribution in [-0.4, -0.2) is 33.9 Å². The summed E-state index contributed by atoms with van der Waals surface area (Å²) in [6.45, 7) is 2.00. The summed E-state index contributed by atoms with van der Waals surface area (Å²) in [5.41, 5.74) is 1.90. The fourth-order valence-electron chi connectivity index (χ4n) is 1.97. The lowest BCUT2D eigenvalue weighted by molar-refractivity contribution is 0.0944. The second-order valence-electron chi connectivity index (χ2n) is 4.23. The van der Waals surface area contributed by atoms with Gasteiger partial charge in [-0.05, 0) is 30.7 Å². The zero-order valence-electron chi connectivity index (χ0n) is 11.1. The van der Waals surface area contributed by atoms with Crippen LogP contribution in [0.1, 0.15) is 23.0 Å². The van der Waals surface area contributed by atoms with E-state index >= 15 is 0 Å². The number of hydrogen-bond donors (Lipinski definition) is 2. The number of carbonyl (C=O) groups excluding carboxylic acids is 1. The third-order valence-electron chi connectivity index (χ3n) is 2.92. The van der Waals surface area contributed by atoms with Crippen molar-refractivity contribution in [3.63, 3.8) is 0 Å². The Morgan fingerprint density at radius 1 is 1.40 bits per heavy atom. The van der Waals surface area contributed by atoms with E-state index in [1.807, 2.05) is 6.92 Å². The summed E-state index contributed by atoms with van der Waals surface area (Å²) in [7, 11) is 0. The second-order valence-corrected chi connectivity index (χ2v) is 4.23. The number of rotatable bonds is 5. The van der Waals surface area contributed by atoms with Crippen LogP contribution in [0.15, 0.2) is 30.5 Å². The van der Waals surface area contributed by atoms with Crippen LogP contribution in [0.25, 0.3) is 5.69 Å². The Labute approximate surface area is 116 Å². The van der Waals surface area contributed by atoms with Gasteiger partial charge in [0.25, 0.3) is 5.91 Å². The minimum absolute atomic E-state index is 0.112. The molecule has 1 heterocycles. The van der Waals surface area contributed by atoms with E-state index in [0.717, 1.165) is 5.69 Å². The first-order valence-electron chi connectivity index (χ1n) is 6.39. The monoisotopic (exact) mass is 277 g/mol. The molecule has 20 heavy (non-hydrogen) atoms. The molecule has 0 atom stereocenters. The SMILES string of the molecule is CCc1c(C(=O)NCCO)cnn1-c1ccc(F)cc1. The van der Waals surface area contributed by atoms with Crippen LogP contribution < -0.4 is 5.32 Å². The number of amides is 1. The fourth-order valence-corrected chi connectivity index (χ4v) is 1.97. The number of aromatic nitrogens is 2. The van der Waals surface area contributed by atoms with Gasteiger partial charge in [-0.25, -0.2) is 9.07 Å². The molecule has 0 aliphatic carbocycles. The van der Waals surface area contributed by atoms with Gasteiger partial charge in [0.2, 0.25) is 0 Å². The lowest BCUT2D eigenvalue weighted by Crippen LogP contribution is -2.27. The van der Waals surface area contributed by atoms with Gasteiger partial charge in [0.05, 0.1) is 29.7 Å². The summed E-state index contributed by atoms with van der Waals surface area (Å²) >= 11 is 0. The molecule has 0 spiro atoms. The molecule has 2 aromatic rings. The molecule has 1 amide bonds. The van der Waals surface area contributed by atoms with E-state index in [1.54, 1.807) is 16.8 Å². The molecule has 6 heteroatoms. The van der Waals surface area contributed by atoms with E-state index in [9.17, 15) is 9.18 Å². The van der Waals surface area contributed by atoms with Crippen LogP contribution in [0.3, 0.4) is 0 Å². The molecule has 5 nitrogen and oxygen atoms in total. The van der Waals surface area contributed by atoms with E-state index in [-0.39, 0.29) is 24.9 Å². The standard InChI is InChI=1S/C14H16FN3O2/c1-2-13-12(14(20)16-7-8-19)9-17-18(13)11-5-3-10(15)4-6-11/h3-6,9,19H,2,7-8H2,1H3,(H,16,20). The zero-order valence-corrected chi connectivity index (χ0v) is 11.1. The highest BCUT2D eigenvalue weighted by Gasteiger charge is 2.16. The van der Waals surface area contributed by atoms with Gasteiger partial charge in [-0.2, -0.15) is 5.10 Å². The van der Waals surface area contributed by atoms with E-state index in [0.29, 0.717) is 17.7 Å². The van der Waals surface area contributed by atoms with Gasteiger partial charge in [0.1, 0.15) is 5.82 Å². The summed E-state index contributed by atoms with van der Waals surface area (Å²) in [5, 5.41) is 15.5. The lowest BCUT2D eigenvalue weighted by Gasteiger charge is -2.08. The maximum absolute atomic E-state index is 12.9. The van der Waals surface area contributed by atoms with Gasteiger partial charge >= 0.3 is 0 Å². The number of carbonyl (C=O) groups is 1. The van der Waals surface area contributed by atoms with Crippen LogP contribution in [0.2, 0.25) is 0 Å². The third-order valence-corrected chi connectivity index (χ3v) is 2.92. The number of aliphatic hydroxyl groups is 1. The maximum Gasteiger partial charge on any atom is 0.254 e. The average Bonchev–Trinajstić information content (AvgIpc) is 2.89. The van der Waals surface area contributed by atoms with Crippen LogP contribution in [0.4, 0.5) is 4.39 Å². The summed E-state index contributed by atoms with van der Waals surface area (Å²) in [4.78, 5) is 11.9. The Morgan fingerprint density at radius 2 is 2.10 bits per heavy atom. The normalized spacial score (nSPS) is 10.6. The predicted octanol–water partition coefficient (Wildman–Crippen LogP) is 1.30. The molecular weight excluding hydrogens is 261 g/mol. The van der Waals surface area contributed by atoms with Gasteiger partial charge in [-0.15, -0.1) is 0 Å². The molecule has 2 N–H and O–H groups in total. The Kier molecular flexibility index (Phi) is 4.47. The number of nitrogens with one attached hydrogen (secondary N) is 1. The summed E-state index contributed by atoms with van der Waals surface area (Å²) < 4.78 is 14.6. The topological polar surface area (TPSA) is 67.2 Å². The molecule has 0 aliphatic heterocycles. The quantitative estimate of drug-likeness (QED) is 0.865. The molecule has 0 saturated heterocycles. The molecule has 2 rings (SSSR count). The van der Waals surface area contributed by atoms with Crippen molar-refractivity contribution in [1.29, 1.82) is 0 Å². The second kappa shape index (κ2) is 6.29. The average molecular weight is 277 g/mol. The largest absolute Gasteiger partial charge is 0.395 e. The molecule has 0 bridgehead atoms. The van der Waals surface area contributed by atoms with Crippen LogP contribution in [0.5, 0.6) is 0 Å². The minimum Gasteiger partial charge on any atom is -0.395 e. The highest BCUT2D eigenvalue weighted by atomic mass is 19.1. The van der Waals surface area contributed by atoms with Crippen LogP contribution in [0, 0.1) is 5.82 Å². The van der Waals surface area contributed by atoms with Gasteiger partial charge in [-0.3, -0.25) is 4.79 Å². The highest BCUT2D eigenvalue weighted by molar-refractivity contribution is 5.95. The minimum atomic E-state index is -0.320. The Balaban J connectivity index is 2.34. The van der Waals surface area contributed by atoms with Crippen LogP contribution in [-0.2, 0) is 6.42 Å². The van der Waals surface area contributed by atoms with Gasteiger partial charge in [0, 0.05) is 6.54 Å². The van der Waals surface area contributed by atoms with Crippen molar-refractivity contribution in [2.24, 2.45) is 0 Å². The molecule has 106 valence electrons. The highest BCUT2D eigenvalue weighted by Crippen LogP contribution is 2.16. The van der Waals surface area contributed by atoms with Gasteiger partial charge in [0.15, 0.2) is 0 Å². The molecule has 0 unspecified atom stereocenters. The van der Waals surface area contributed by atoms with Crippen molar-refractivity contribution in [3.8, 4) is 5.69 Å². The molecule has 0 aliphatic rings. The van der Waals surface area contributed by atoms with E-state index in [4.69, 9.17) is 5.11 Å². The van der Waals surface area contributed by atoms with Gasteiger partial charge in [-0.1, -0.05) is 6.92 Å². The van der Waals surface area contributed by atoms with Crippen molar-refractivity contribution in [2.75, 3.05) is 13.2 Å². The first-order valence-corrected chi connectivity index (χ1v) is 6.39. The van der Waals surface area contributed by atoms with E-state index < -0.39 is 0 Å². The molecule has 0 fully saturated rings. The number of benzene rings is 1. The predicted molar refractivity (Wildman–Crippen MR) is 72.3 cm³/mol. The Morgan fingerprint density at radius 3 is 2.70 bits per heavy atom. The first-order chi connectivity index (χ1) is 9.67. The van der Waals surface area contributed by atoms with Gasteiger partial charge < -0.3 is 10.4 Å². The van der Waals surface area contributed by atoms with Crippen molar-refractivity contribution < 1.29 is 14.3 Å². The Bertz CT molecular complexity index is 593. The summed E-state index contributed by atoms with van der Waals surface area (Å²) in [6.07, 6.45) is 2.09. The zero-order chi connectivity index (χ0) is 14.5. The number of nitrogens with zero attached hydrogens (tertiary/aromatic N) is 2. The van der Waals surface area contributed by atoms with Crippen LogP contribution >= 0.6 is 0 Å². The molecule has 1 aromatic heterocycles. The van der Waals surface area contributed by atoms with E-state index in [1.165, 1.54) is 18.3 Å². The van der Waals surface area contributed by atoms with E-state index in [2.05, 4.69) is 10.4 Å². The van der Waals surface area contributed by atoms with Crippen molar-refractivity contribution in [1.82, 2.24) is 15.1 Å². The fraction of sp³-hybridized carbons (Fsp3) is 0.286. The van der Waals surface area contributed by atoms with Crippen molar-refractivity contribution in [2.45, 2.75) is 13.3 Å².